The van der Waals surface area contributed by atoms with E-state index >= 15 is 0 Å². The first kappa shape index (κ1) is 22.4. The van der Waals surface area contributed by atoms with Crippen LogP contribution in [-0.2, 0) is 15.0 Å². The van der Waals surface area contributed by atoms with Gasteiger partial charge in [0.2, 0.25) is 0 Å². The highest BCUT2D eigenvalue weighted by Gasteiger charge is 2.40. The number of carbonyl (C=O) groups is 2. The summed E-state index contributed by atoms with van der Waals surface area (Å²) in [5.41, 5.74) is 19.2. The Kier molecular flexibility index (Phi) is 7.77. The van der Waals surface area contributed by atoms with Gasteiger partial charge in [0.25, 0.3) is 12.4 Å². The Bertz CT molecular complexity index is 786. The molecule has 1 aromatic carbocycles. The van der Waals surface area contributed by atoms with Crippen LogP contribution in [0.5, 0.6) is 0 Å². The first-order valence-corrected chi connectivity index (χ1v) is 10.1. The molecule has 0 bridgehead atoms. The van der Waals surface area contributed by atoms with Crippen LogP contribution in [0, 0.1) is 0 Å². The van der Waals surface area contributed by atoms with Crippen LogP contribution in [0.4, 0.5) is 5.69 Å². The van der Waals surface area contributed by atoms with Gasteiger partial charge in [-0.05, 0) is 36.0 Å². The average Bonchev–Trinajstić information content (AvgIpc) is 3.13. The van der Waals surface area contributed by atoms with E-state index in [2.05, 4.69) is 30.4 Å². The van der Waals surface area contributed by atoms with E-state index in [1.54, 1.807) is 0 Å². The van der Waals surface area contributed by atoms with Gasteiger partial charge in [-0.15, -0.1) is 0 Å². The van der Waals surface area contributed by atoms with Crippen LogP contribution in [0.15, 0.2) is 24.3 Å². The number of rotatable bonds is 9. The number of Topliss-reactive ketones (excluding diaryl/α,β-unsaturated/α-hetero) is 2. The van der Waals surface area contributed by atoms with Gasteiger partial charge in [0, 0.05) is 31.4 Å². The lowest BCUT2D eigenvalue weighted by atomic mass is 9.87. The first-order chi connectivity index (χ1) is 13.8. The van der Waals surface area contributed by atoms with E-state index in [0.717, 1.165) is 5.69 Å². The molecule has 1 heterocycles. The summed E-state index contributed by atoms with van der Waals surface area (Å²) in [7, 11) is 0. The van der Waals surface area contributed by atoms with Crippen molar-refractivity contribution in [1.29, 1.82) is 0 Å². The highest BCUT2D eigenvalue weighted by Crippen LogP contribution is 2.34. The normalized spacial score (nSPS) is 18.7. The summed E-state index contributed by atoms with van der Waals surface area (Å²) < 4.78 is 0. The van der Waals surface area contributed by atoms with Crippen LogP contribution < -0.4 is 4.90 Å². The topological polar surface area (TPSA) is 110 Å². The molecule has 1 fully saturated rings. The number of carbonyl (C=O) groups excluding carboxylic acids is 2. The molecule has 0 amide bonds. The van der Waals surface area contributed by atoms with Crippen molar-refractivity contribution in [3.8, 4) is 0 Å². The Balaban J connectivity index is 2.30. The number of hydrogen-bond acceptors (Lipinski definition) is 3. The molecule has 0 unspecified atom stereocenters. The molecule has 154 valence electrons. The Morgan fingerprint density at radius 3 is 1.79 bits per heavy atom. The third-order valence-corrected chi connectivity index (χ3v) is 5.36. The molecule has 2 atom stereocenters. The third-order valence-electron chi connectivity index (χ3n) is 5.36. The molecule has 7 heteroatoms. The third kappa shape index (κ3) is 5.80. The highest BCUT2D eigenvalue weighted by molar-refractivity contribution is 5.95. The lowest BCUT2D eigenvalue weighted by molar-refractivity contribution is -0.120. The summed E-state index contributed by atoms with van der Waals surface area (Å²) in [6, 6.07) is 7.32. The number of nitrogens with zero attached hydrogens (tertiary/aromatic N) is 5. The molecule has 0 aromatic heterocycles. The molecule has 7 nitrogen and oxygen atoms in total. The van der Waals surface area contributed by atoms with Crippen molar-refractivity contribution in [2.24, 2.45) is 0 Å². The van der Waals surface area contributed by atoms with Crippen molar-refractivity contribution in [2.45, 2.75) is 76.8 Å². The summed E-state index contributed by atoms with van der Waals surface area (Å²) in [4.78, 5) is 33.5. The fourth-order valence-corrected chi connectivity index (χ4v) is 3.80. The second-order valence-corrected chi connectivity index (χ2v) is 8.42. The molecule has 0 spiro atoms. The van der Waals surface area contributed by atoms with Gasteiger partial charge in [-0.25, -0.2) is 0 Å². The monoisotopic (exact) mass is 395 g/mol. The Labute approximate surface area is 172 Å². The zero-order chi connectivity index (χ0) is 21.4. The van der Waals surface area contributed by atoms with Crippen LogP contribution in [0.3, 0.4) is 0 Å². The maximum Gasteiger partial charge on any atom is 0.257 e. The summed E-state index contributed by atoms with van der Waals surface area (Å²) >= 11 is 0. The van der Waals surface area contributed by atoms with Crippen LogP contribution in [0.25, 0.3) is 11.1 Å². The Morgan fingerprint density at radius 2 is 1.41 bits per heavy atom. The SMILES string of the molecule is CC(C)(C)c1ccc(N2[C@@H](C(=O)CCC=[N+]=[N-])CC[C@@H]2C(=O)CCC=[N+]=[N-])cc1. The zero-order valence-electron chi connectivity index (χ0n) is 17.4. The minimum absolute atomic E-state index is 0.0151. The summed E-state index contributed by atoms with van der Waals surface area (Å²) in [5.74, 6) is 0.0778. The molecule has 0 N–H and O–H groups in total. The summed E-state index contributed by atoms with van der Waals surface area (Å²) in [5, 5.41) is 0. The molecule has 1 aliphatic heterocycles. The molecular weight excluding hydrogens is 366 g/mol. The minimum Gasteiger partial charge on any atom is -0.362 e. The standard InChI is InChI=1S/C22H29N5O2/c1-22(2,3)16-8-10-17(11-9-16)27-18(20(28)6-4-14-25-23)12-13-19(27)21(29)7-5-15-26-24/h8-11,14-15,18-19H,4-7,12-13H2,1-3H3/t18-,19-/m1/s1. The molecule has 2 rings (SSSR count). The van der Waals surface area contributed by atoms with Gasteiger partial charge in [0.05, 0.1) is 12.1 Å². The molecule has 0 radical (unpaired) electrons. The van der Waals surface area contributed by atoms with Gasteiger partial charge in [-0.2, -0.15) is 9.58 Å². The van der Waals surface area contributed by atoms with E-state index in [4.69, 9.17) is 11.1 Å². The number of anilines is 1. The van der Waals surface area contributed by atoms with Crippen molar-refractivity contribution in [3.05, 3.63) is 40.9 Å². The fourth-order valence-electron chi connectivity index (χ4n) is 3.80. The van der Waals surface area contributed by atoms with Gasteiger partial charge in [-0.1, -0.05) is 32.9 Å². The van der Waals surface area contributed by atoms with Crippen LogP contribution in [0.2, 0.25) is 0 Å². The van der Waals surface area contributed by atoms with Crippen molar-refractivity contribution in [1.82, 2.24) is 0 Å². The van der Waals surface area contributed by atoms with E-state index in [1.807, 2.05) is 29.2 Å². The number of benzene rings is 1. The Hall–Kier alpha value is -2.88. The lowest BCUT2D eigenvalue weighted by Crippen LogP contribution is -2.44. The molecule has 0 saturated carbocycles. The van der Waals surface area contributed by atoms with Gasteiger partial charge < -0.3 is 16.0 Å². The van der Waals surface area contributed by atoms with E-state index in [1.165, 1.54) is 18.0 Å². The van der Waals surface area contributed by atoms with Crippen molar-refractivity contribution >= 4 is 29.7 Å². The maximum absolute atomic E-state index is 12.8. The van der Waals surface area contributed by atoms with E-state index < -0.39 is 0 Å². The van der Waals surface area contributed by atoms with Crippen molar-refractivity contribution in [2.75, 3.05) is 4.90 Å². The largest absolute Gasteiger partial charge is 0.362 e. The zero-order valence-corrected chi connectivity index (χ0v) is 17.4. The quantitative estimate of drug-likeness (QED) is 0.362. The molecule has 0 aliphatic carbocycles. The number of ketones is 2. The van der Waals surface area contributed by atoms with Crippen molar-refractivity contribution in [3.63, 3.8) is 0 Å². The summed E-state index contributed by atoms with van der Waals surface area (Å²) in [6.45, 7) is 6.42. The predicted octanol–water partition coefficient (Wildman–Crippen LogP) is 3.62. The lowest BCUT2D eigenvalue weighted by Gasteiger charge is -2.31. The average molecular weight is 396 g/mol. The second kappa shape index (κ2) is 10.1. The van der Waals surface area contributed by atoms with Gasteiger partial charge in [0.1, 0.15) is 0 Å². The Morgan fingerprint density at radius 1 is 0.966 bits per heavy atom. The minimum atomic E-state index is -0.372. The van der Waals surface area contributed by atoms with E-state index in [-0.39, 0.29) is 41.9 Å². The fraction of sp³-hybridized carbons (Fsp3) is 0.545. The molecule has 1 aliphatic rings. The van der Waals surface area contributed by atoms with Crippen LogP contribution in [-0.4, -0.2) is 45.7 Å². The first-order valence-electron chi connectivity index (χ1n) is 10.1. The van der Waals surface area contributed by atoms with Crippen LogP contribution >= 0.6 is 0 Å². The van der Waals surface area contributed by atoms with E-state index in [9.17, 15) is 9.59 Å². The second-order valence-electron chi connectivity index (χ2n) is 8.42. The molecule has 1 saturated heterocycles. The molecule has 29 heavy (non-hydrogen) atoms. The smallest absolute Gasteiger partial charge is 0.257 e. The van der Waals surface area contributed by atoms with E-state index in [0.29, 0.717) is 25.7 Å². The molecular formula is C22H29N5O2. The summed E-state index contributed by atoms with van der Waals surface area (Å²) in [6.07, 6.45) is 5.12. The van der Waals surface area contributed by atoms with Crippen molar-refractivity contribution < 1.29 is 19.2 Å². The highest BCUT2D eigenvalue weighted by atomic mass is 16.1. The number of hydrogen-bond donors (Lipinski definition) is 0. The van der Waals surface area contributed by atoms with Crippen LogP contribution in [0.1, 0.15) is 64.9 Å². The van der Waals surface area contributed by atoms with Gasteiger partial charge >= 0.3 is 0 Å². The van der Waals surface area contributed by atoms with Gasteiger partial charge in [0.15, 0.2) is 11.6 Å². The maximum atomic E-state index is 12.8. The predicted molar refractivity (Wildman–Crippen MR) is 112 cm³/mol. The molecule has 1 aromatic rings. The van der Waals surface area contributed by atoms with Gasteiger partial charge in [-0.3, -0.25) is 9.59 Å².